The average Bonchev–Trinajstić information content (AvgIpc) is 2.43. The van der Waals surface area contributed by atoms with Crippen LogP contribution in [0.25, 0.3) is 0 Å². The van der Waals surface area contributed by atoms with Crippen molar-refractivity contribution in [2.75, 3.05) is 19.5 Å². The van der Waals surface area contributed by atoms with Crippen molar-refractivity contribution in [3.8, 4) is 11.6 Å². The van der Waals surface area contributed by atoms with Gasteiger partial charge in [0.15, 0.2) is 0 Å². The van der Waals surface area contributed by atoms with Crippen LogP contribution in [0.1, 0.15) is 11.3 Å². The molecule has 0 saturated carbocycles. The molecule has 0 amide bonds. The summed E-state index contributed by atoms with van der Waals surface area (Å²) < 4.78 is 10.7. The highest BCUT2D eigenvalue weighted by Crippen LogP contribution is 2.28. The van der Waals surface area contributed by atoms with Gasteiger partial charge in [-0.1, -0.05) is 12.1 Å². The van der Waals surface area contributed by atoms with Gasteiger partial charge in [-0.25, -0.2) is 4.98 Å². The summed E-state index contributed by atoms with van der Waals surface area (Å²) in [5, 5.41) is 0.114. The van der Waals surface area contributed by atoms with E-state index in [1.165, 1.54) is 5.56 Å². The van der Waals surface area contributed by atoms with Gasteiger partial charge in [-0.15, -0.1) is 0 Å². The maximum Gasteiger partial charge on any atom is 0.247 e. The number of rotatable bonds is 5. The number of hydrogen-bond donors (Lipinski definition) is 1. The molecule has 0 bridgehead atoms. The van der Waals surface area contributed by atoms with Crippen LogP contribution >= 0.6 is 11.6 Å². The molecule has 2 N–H and O–H groups in total. The second-order valence-electron chi connectivity index (χ2n) is 4.29. The second-order valence-corrected chi connectivity index (χ2v) is 4.62. The minimum absolute atomic E-state index is 0.114. The van der Waals surface area contributed by atoms with Gasteiger partial charge in [-0.3, -0.25) is 0 Å². The molecular formula is C14H16ClN3O2. The SMILES string of the molecule is COCCc1ccc(Oc2nc(Cl)nc(C)c2N)cc1. The Morgan fingerprint density at radius 3 is 2.55 bits per heavy atom. The molecule has 0 aliphatic rings. The van der Waals surface area contributed by atoms with Crippen LogP contribution in [0.4, 0.5) is 5.69 Å². The lowest BCUT2D eigenvalue weighted by atomic mass is 10.1. The Hall–Kier alpha value is -1.85. The zero-order valence-corrected chi connectivity index (χ0v) is 12.1. The molecule has 2 aromatic rings. The van der Waals surface area contributed by atoms with Crippen LogP contribution in [-0.4, -0.2) is 23.7 Å². The van der Waals surface area contributed by atoms with E-state index in [-0.39, 0.29) is 11.2 Å². The van der Waals surface area contributed by atoms with Crippen molar-refractivity contribution >= 4 is 17.3 Å². The van der Waals surface area contributed by atoms with Gasteiger partial charge >= 0.3 is 0 Å². The van der Waals surface area contributed by atoms with Crippen molar-refractivity contribution in [3.63, 3.8) is 0 Å². The number of ether oxygens (including phenoxy) is 2. The average molecular weight is 294 g/mol. The maximum atomic E-state index is 5.87. The van der Waals surface area contributed by atoms with Crippen molar-refractivity contribution in [3.05, 3.63) is 40.8 Å². The summed E-state index contributed by atoms with van der Waals surface area (Å²) in [6.45, 7) is 2.44. The molecule has 2 rings (SSSR count). The first-order chi connectivity index (χ1) is 9.60. The topological polar surface area (TPSA) is 70.3 Å². The van der Waals surface area contributed by atoms with Gasteiger partial charge in [0.1, 0.15) is 11.4 Å². The molecule has 0 saturated heterocycles. The van der Waals surface area contributed by atoms with E-state index in [1.54, 1.807) is 14.0 Å². The Morgan fingerprint density at radius 1 is 1.20 bits per heavy atom. The Kier molecular flexibility index (Phi) is 4.76. The van der Waals surface area contributed by atoms with Gasteiger partial charge < -0.3 is 15.2 Å². The van der Waals surface area contributed by atoms with Crippen molar-refractivity contribution in [1.82, 2.24) is 9.97 Å². The maximum absolute atomic E-state index is 5.87. The molecule has 106 valence electrons. The smallest absolute Gasteiger partial charge is 0.247 e. The fourth-order valence-electron chi connectivity index (χ4n) is 1.66. The number of methoxy groups -OCH3 is 1. The Labute approximate surface area is 122 Å². The van der Waals surface area contributed by atoms with E-state index in [0.29, 0.717) is 23.7 Å². The summed E-state index contributed by atoms with van der Waals surface area (Å²) >= 11 is 5.80. The van der Waals surface area contributed by atoms with E-state index < -0.39 is 0 Å². The molecule has 0 radical (unpaired) electrons. The number of aromatic nitrogens is 2. The summed E-state index contributed by atoms with van der Waals surface area (Å²) in [7, 11) is 1.68. The molecule has 1 heterocycles. The third-order valence-electron chi connectivity index (χ3n) is 2.81. The highest BCUT2D eigenvalue weighted by Gasteiger charge is 2.10. The lowest BCUT2D eigenvalue weighted by Crippen LogP contribution is -2.01. The zero-order chi connectivity index (χ0) is 14.5. The molecule has 0 unspecified atom stereocenters. The number of anilines is 1. The molecule has 1 aromatic carbocycles. The van der Waals surface area contributed by atoms with Crippen molar-refractivity contribution in [2.45, 2.75) is 13.3 Å². The van der Waals surface area contributed by atoms with E-state index in [9.17, 15) is 0 Å². The summed E-state index contributed by atoms with van der Waals surface area (Å²) in [4.78, 5) is 7.95. The summed E-state index contributed by atoms with van der Waals surface area (Å²) in [5.74, 6) is 0.916. The van der Waals surface area contributed by atoms with Crippen LogP contribution < -0.4 is 10.5 Å². The van der Waals surface area contributed by atoms with E-state index in [1.807, 2.05) is 24.3 Å². The molecule has 0 aliphatic carbocycles. The number of nitrogen functional groups attached to an aromatic ring is 1. The fourth-order valence-corrected chi connectivity index (χ4v) is 1.86. The Morgan fingerprint density at radius 2 is 1.90 bits per heavy atom. The highest BCUT2D eigenvalue weighted by atomic mass is 35.5. The quantitative estimate of drug-likeness (QED) is 0.858. The summed E-state index contributed by atoms with van der Waals surface area (Å²) in [6, 6.07) is 7.66. The molecule has 6 heteroatoms. The Bertz CT molecular complexity index is 588. The second kappa shape index (κ2) is 6.54. The zero-order valence-electron chi connectivity index (χ0n) is 11.4. The first kappa shape index (κ1) is 14.6. The number of aryl methyl sites for hydroxylation is 1. The van der Waals surface area contributed by atoms with Crippen LogP contribution in [0.2, 0.25) is 5.28 Å². The van der Waals surface area contributed by atoms with Crippen LogP contribution in [0.3, 0.4) is 0 Å². The molecule has 0 aliphatic heterocycles. The number of benzene rings is 1. The minimum atomic E-state index is 0.114. The monoisotopic (exact) mass is 293 g/mol. The van der Waals surface area contributed by atoms with Crippen LogP contribution in [-0.2, 0) is 11.2 Å². The standard InChI is InChI=1S/C14H16ClN3O2/c1-9-12(16)13(18-14(15)17-9)20-11-5-3-10(4-6-11)7-8-19-2/h3-6H,7-8,16H2,1-2H3. The van der Waals surface area contributed by atoms with E-state index in [2.05, 4.69) is 9.97 Å². The van der Waals surface area contributed by atoms with Crippen molar-refractivity contribution in [2.24, 2.45) is 0 Å². The van der Waals surface area contributed by atoms with Gasteiger partial charge in [-0.05, 0) is 42.6 Å². The molecule has 0 spiro atoms. The fraction of sp³-hybridized carbons (Fsp3) is 0.286. The summed E-state index contributed by atoms with van der Waals surface area (Å²) in [6.07, 6.45) is 0.858. The van der Waals surface area contributed by atoms with Gasteiger partial charge in [0.05, 0.1) is 12.3 Å². The van der Waals surface area contributed by atoms with E-state index in [0.717, 1.165) is 6.42 Å². The van der Waals surface area contributed by atoms with Crippen molar-refractivity contribution < 1.29 is 9.47 Å². The molecule has 1 aromatic heterocycles. The number of halogens is 1. The van der Waals surface area contributed by atoms with Crippen molar-refractivity contribution in [1.29, 1.82) is 0 Å². The van der Waals surface area contributed by atoms with E-state index in [4.69, 9.17) is 26.8 Å². The first-order valence-electron chi connectivity index (χ1n) is 6.15. The van der Waals surface area contributed by atoms with Gasteiger partial charge in [-0.2, -0.15) is 4.98 Å². The van der Waals surface area contributed by atoms with Gasteiger partial charge in [0.25, 0.3) is 0 Å². The highest BCUT2D eigenvalue weighted by molar-refractivity contribution is 6.28. The van der Waals surface area contributed by atoms with Crippen LogP contribution in [0.15, 0.2) is 24.3 Å². The van der Waals surface area contributed by atoms with Crippen LogP contribution in [0, 0.1) is 6.92 Å². The largest absolute Gasteiger partial charge is 0.437 e. The molecule has 0 fully saturated rings. The molecule has 5 nitrogen and oxygen atoms in total. The first-order valence-corrected chi connectivity index (χ1v) is 6.53. The molecule has 20 heavy (non-hydrogen) atoms. The predicted molar refractivity (Wildman–Crippen MR) is 78.3 cm³/mol. The third-order valence-corrected chi connectivity index (χ3v) is 2.98. The van der Waals surface area contributed by atoms with Gasteiger partial charge in [0.2, 0.25) is 11.2 Å². The molecular weight excluding hydrogens is 278 g/mol. The normalized spacial score (nSPS) is 10.6. The molecule has 0 atom stereocenters. The summed E-state index contributed by atoms with van der Waals surface area (Å²) in [5.41, 5.74) is 8.02. The van der Waals surface area contributed by atoms with Crippen LogP contribution in [0.5, 0.6) is 11.6 Å². The van der Waals surface area contributed by atoms with E-state index >= 15 is 0 Å². The minimum Gasteiger partial charge on any atom is -0.437 e. The van der Waals surface area contributed by atoms with Gasteiger partial charge in [0, 0.05) is 7.11 Å². The lowest BCUT2D eigenvalue weighted by Gasteiger charge is -2.09. The predicted octanol–water partition coefficient (Wildman–Crippen LogP) is 3.00. The number of nitrogens with zero attached hydrogens (tertiary/aromatic N) is 2. The number of nitrogens with two attached hydrogens (primary N) is 1. The third kappa shape index (κ3) is 3.59. The number of hydrogen-bond acceptors (Lipinski definition) is 5. The lowest BCUT2D eigenvalue weighted by molar-refractivity contribution is 0.202. The Balaban J connectivity index is 2.14.